The van der Waals surface area contributed by atoms with E-state index in [9.17, 15) is 19.7 Å². The number of ether oxygens (including phenoxy) is 2. The Morgan fingerprint density at radius 1 is 1.12 bits per heavy atom. The summed E-state index contributed by atoms with van der Waals surface area (Å²) in [6.45, 7) is 0. The first-order chi connectivity index (χ1) is 11.4. The molecule has 2 aromatic rings. The Hall–Kier alpha value is -3.42. The zero-order valence-corrected chi connectivity index (χ0v) is 12.6. The normalized spacial score (nSPS) is 10.0. The van der Waals surface area contributed by atoms with Gasteiger partial charge in [-0.2, -0.15) is 0 Å². The average Bonchev–Trinajstić information content (AvgIpc) is 2.56. The number of methoxy groups -OCH3 is 1. The van der Waals surface area contributed by atoms with Gasteiger partial charge in [-0.15, -0.1) is 0 Å². The van der Waals surface area contributed by atoms with Crippen LogP contribution in [0, 0.1) is 10.1 Å². The number of hydrogen-bond acceptors (Lipinski definition) is 6. The zero-order chi connectivity index (χ0) is 17.7. The van der Waals surface area contributed by atoms with Crippen molar-refractivity contribution >= 4 is 17.4 Å². The van der Waals surface area contributed by atoms with Crippen molar-refractivity contribution in [2.75, 3.05) is 7.11 Å². The molecule has 24 heavy (non-hydrogen) atoms. The molecule has 0 saturated heterocycles. The second kappa shape index (κ2) is 7.23. The summed E-state index contributed by atoms with van der Waals surface area (Å²) in [5, 5.41) is 19.6. The molecule has 2 rings (SSSR count). The molecule has 0 aromatic heterocycles. The third kappa shape index (κ3) is 3.86. The molecule has 0 heterocycles. The van der Waals surface area contributed by atoms with Crippen LogP contribution in [0.2, 0.25) is 0 Å². The molecule has 0 amide bonds. The lowest BCUT2D eigenvalue weighted by atomic mass is 10.1. The maximum atomic E-state index is 11.5. The summed E-state index contributed by atoms with van der Waals surface area (Å²) in [5.74, 6) is -1.82. The molecule has 0 aliphatic rings. The zero-order valence-electron chi connectivity index (χ0n) is 12.6. The van der Waals surface area contributed by atoms with Crippen molar-refractivity contribution in [1.29, 1.82) is 0 Å². The highest BCUT2D eigenvalue weighted by atomic mass is 16.6. The second-order valence-electron chi connectivity index (χ2n) is 4.71. The van der Waals surface area contributed by atoms with Gasteiger partial charge in [-0.25, -0.2) is 4.79 Å². The minimum absolute atomic E-state index is 0.0995. The molecule has 2 aromatic carbocycles. The van der Waals surface area contributed by atoms with E-state index >= 15 is 0 Å². The fraction of sp³-hybridized carbons (Fsp3) is 0.125. The van der Waals surface area contributed by atoms with Gasteiger partial charge in [0.2, 0.25) is 5.78 Å². The Balaban J connectivity index is 2.42. The van der Waals surface area contributed by atoms with E-state index in [1.165, 1.54) is 19.2 Å². The quantitative estimate of drug-likeness (QED) is 0.471. The minimum atomic E-state index is -1.62. The number of Topliss-reactive ketones (excluding diaryl/α,β-unsaturated/α-hetero) is 1. The smallest absolute Gasteiger partial charge is 0.372 e. The number of nitrogens with zero attached hydrogens (tertiary/aromatic N) is 1. The number of non-ortho nitro benzene ring substituents is 1. The monoisotopic (exact) mass is 331 g/mol. The van der Waals surface area contributed by atoms with E-state index in [-0.39, 0.29) is 17.0 Å². The van der Waals surface area contributed by atoms with Gasteiger partial charge in [-0.1, -0.05) is 12.1 Å². The van der Waals surface area contributed by atoms with Crippen LogP contribution in [0.3, 0.4) is 0 Å². The van der Waals surface area contributed by atoms with Gasteiger partial charge in [0, 0.05) is 24.1 Å². The average molecular weight is 331 g/mol. The molecular weight excluding hydrogens is 318 g/mol. The Bertz CT molecular complexity index is 801. The molecule has 0 saturated carbocycles. The first-order valence-corrected chi connectivity index (χ1v) is 6.76. The molecule has 0 fully saturated rings. The van der Waals surface area contributed by atoms with Gasteiger partial charge in [0.1, 0.15) is 5.75 Å². The first-order valence-electron chi connectivity index (χ1n) is 6.76. The second-order valence-corrected chi connectivity index (χ2v) is 4.71. The van der Waals surface area contributed by atoms with Crippen LogP contribution >= 0.6 is 0 Å². The van der Waals surface area contributed by atoms with Crippen molar-refractivity contribution in [2.24, 2.45) is 0 Å². The summed E-state index contributed by atoms with van der Waals surface area (Å²) >= 11 is 0. The van der Waals surface area contributed by atoms with E-state index < -0.39 is 23.1 Å². The predicted molar refractivity (Wildman–Crippen MR) is 82.5 cm³/mol. The molecule has 0 radical (unpaired) electrons. The summed E-state index contributed by atoms with van der Waals surface area (Å²) in [7, 11) is 1.45. The molecule has 0 atom stereocenters. The minimum Gasteiger partial charge on any atom is -0.493 e. The number of rotatable bonds is 7. The van der Waals surface area contributed by atoms with E-state index in [1.807, 2.05) is 0 Å². The van der Waals surface area contributed by atoms with E-state index in [2.05, 4.69) is 0 Å². The molecule has 8 nitrogen and oxygen atoms in total. The maximum Gasteiger partial charge on any atom is 0.372 e. The van der Waals surface area contributed by atoms with Crippen molar-refractivity contribution in [1.82, 2.24) is 0 Å². The number of ketones is 1. The molecule has 0 aliphatic carbocycles. The van der Waals surface area contributed by atoms with Crippen LogP contribution in [0.1, 0.15) is 5.56 Å². The number of aliphatic carboxylic acids is 1. The largest absolute Gasteiger partial charge is 0.493 e. The van der Waals surface area contributed by atoms with Gasteiger partial charge >= 0.3 is 5.97 Å². The number of nitro benzene ring substituents is 1. The van der Waals surface area contributed by atoms with Gasteiger partial charge < -0.3 is 14.6 Å². The Labute approximate surface area is 136 Å². The number of nitro groups is 1. The van der Waals surface area contributed by atoms with Gasteiger partial charge in [0.05, 0.1) is 12.0 Å². The van der Waals surface area contributed by atoms with Gasteiger partial charge in [0.15, 0.2) is 11.5 Å². The fourth-order valence-corrected chi connectivity index (χ4v) is 1.99. The highest BCUT2D eigenvalue weighted by molar-refractivity contribution is 6.33. The molecule has 0 aliphatic heterocycles. The number of carbonyl (C=O) groups is 2. The Morgan fingerprint density at radius 3 is 2.38 bits per heavy atom. The number of carboxylic acids is 1. The van der Waals surface area contributed by atoms with Crippen molar-refractivity contribution in [2.45, 2.75) is 6.42 Å². The van der Waals surface area contributed by atoms with Crippen LogP contribution in [0.4, 0.5) is 5.69 Å². The highest BCUT2D eigenvalue weighted by Crippen LogP contribution is 2.34. The van der Waals surface area contributed by atoms with Crippen molar-refractivity contribution in [3.05, 3.63) is 58.1 Å². The van der Waals surface area contributed by atoms with Gasteiger partial charge in [-0.05, 0) is 18.2 Å². The van der Waals surface area contributed by atoms with Gasteiger partial charge in [-0.3, -0.25) is 14.9 Å². The predicted octanol–water partition coefficient (Wildman–Crippen LogP) is 2.59. The molecule has 0 spiro atoms. The number of carboxylic acid groups (broad SMARTS) is 1. The van der Waals surface area contributed by atoms with Crippen molar-refractivity contribution in [3.63, 3.8) is 0 Å². The summed E-state index contributed by atoms with van der Waals surface area (Å²) in [5.41, 5.74) is -0.168. The molecule has 1 N–H and O–H groups in total. The third-order valence-electron chi connectivity index (χ3n) is 3.13. The third-order valence-corrected chi connectivity index (χ3v) is 3.13. The lowest BCUT2D eigenvalue weighted by molar-refractivity contribution is -0.384. The SMILES string of the molecule is COc1ccccc1Oc1ccc([N+](=O)[O-])cc1CC(=O)C(=O)O. The Morgan fingerprint density at radius 2 is 1.79 bits per heavy atom. The maximum absolute atomic E-state index is 11.5. The molecule has 124 valence electrons. The molecule has 8 heteroatoms. The number of hydrogen-bond donors (Lipinski definition) is 1. The highest BCUT2D eigenvalue weighted by Gasteiger charge is 2.19. The number of benzene rings is 2. The van der Waals surface area contributed by atoms with Crippen LogP contribution < -0.4 is 9.47 Å². The van der Waals surface area contributed by atoms with Crippen LogP contribution in [0.15, 0.2) is 42.5 Å². The topological polar surface area (TPSA) is 116 Å². The van der Waals surface area contributed by atoms with Crippen LogP contribution in [0.25, 0.3) is 0 Å². The summed E-state index contributed by atoms with van der Waals surface area (Å²) in [6.07, 6.45) is -0.526. The van der Waals surface area contributed by atoms with E-state index in [1.54, 1.807) is 24.3 Å². The fourth-order valence-electron chi connectivity index (χ4n) is 1.99. The van der Waals surface area contributed by atoms with Crippen molar-refractivity contribution < 1.29 is 29.1 Å². The lowest BCUT2D eigenvalue weighted by Gasteiger charge is -2.13. The number of carbonyl (C=O) groups excluding carboxylic acids is 1. The molecular formula is C16H13NO7. The van der Waals surface area contributed by atoms with E-state index in [4.69, 9.17) is 14.6 Å². The molecule has 0 unspecified atom stereocenters. The lowest BCUT2D eigenvalue weighted by Crippen LogP contribution is -2.15. The van der Waals surface area contributed by atoms with Crippen LogP contribution in [0.5, 0.6) is 17.2 Å². The van der Waals surface area contributed by atoms with E-state index in [0.29, 0.717) is 11.5 Å². The summed E-state index contributed by atoms with van der Waals surface area (Å²) in [6, 6.07) is 10.3. The number of para-hydroxylation sites is 2. The molecule has 0 bridgehead atoms. The van der Waals surface area contributed by atoms with Crippen LogP contribution in [-0.4, -0.2) is 28.9 Å². The summed E-state index contributed by atoms with van der Waals surface area (Å²) < 4.78 is 10.8. The van der Waals surface area contributed by atoms with Crippen LogP contribution in [-0.2, 0) is 16.0 Å². The summed E-state index contributed by atoms with van der Waals surface area (Å²) in [4.78, 5) is 32.5. The van der Waals surface area contributed by atoms with Crippen molar-refractivity contribution in [3.8, 4) is 17.2 Å². The van der Waals surface area contributed by atoms with Gasteiger partial charge in [0.25, 0.3) is 5.69 Å². The first kappa shape index (κ1) is 16.9. The van der Waals surface area contributed by atoms with E-state index in [0.717, 1.165) is 6.07 Å². The standard InChI is InChI=1S/C16H13NO7/c1-23-14-4-2-3-5-15(14)24-13-7-6-11(17(21)22)8-10(13)9-12(18)16(19)20/h2-8H,9H2,1H3,(H,19,20). The Kier molecular flexibility index (Phi) is 5.10.